The van der Waals surface area contributed by atoms with E-state index in [1.165, 1.54) is 6.20 Å². The average molecular weight is 328 g/mol. The van der Waals surface area contributed by atoms with Crippen molar-refractivity contribution in [2.24, 2.45) is 10.2 Å². The summed E-state index contributed by atoms with van der Waals surface area (Å²) in [5.74, 6) is 0. The minimum Gasteiger partial charge on any atom is -0.396 e. The van der Waals surface area contributed by atoms with Crippen molar-refractivity contribution < 1.29 is 13.0 Å². The summed E-state index contributed by atoms with van der Waals surface area (Å²) >= 11 is 0. The van der Waals surface area contributed by atoms with Crippen LogP contribution in [0.2, 0.25) is 0 Å². The summed E-state index contributed by atoms with van der Waals surface area (Å²) < 4.78 is 32.6. The quantitative estimate of drug-likeness (QED) is 0.433. The highest BCUT2D eigenvalue weighted by Gasteiger charge is 2.19. The number of nitrogen functional groups attached to an aromatic ring is 1. The first-order valence-electron chi connectivity index (χ1n) is 6.58. The fourth-order valence-corrected chi connectivity index (χ4v) is 2.78. The largest absolute Gasteiger partial charge is 0.396 e. The normalized spacial score (nSPS) is 12.0. The Hall–Kier alpha value is -2.84. The van der Waals surface area contributed by atoms with Gasteiger partial charge >= 0.3 is 0 Å². The Morgan fingerprint density at radius 3 is 2.48 bits per heavy atom. The van der Waals surface area contributed by atoms with E-state index in [-0.39, 0.29) is 21.8 Å². The Bertz CT molecular complexity index is 1000. The summed E-state index contributed by atoms with van der Waals surface area (Å²) in [6, 6.07) is 13.3. The Labute approximate surface area is 132 Å². The van der Waals surface area contributed by atoms with Crippen molar-refractivity contribution in [1.82, 2.24) is 4.98 Å². The van der Waals surface area contributed by atoms with Crippen LogP contribution in [-0.2, 0) is 10.1 Å². The number of anilines is 1. The van der Waals surface area contributed by atoms with E-state index < -0.39 is 10.1 Å². The van der Waals surface area contributed by atoms with E-state index in [1.54, 1.807) is 36.4 Å². The van der Waals surface area contributed by atoms with Gasteiger partial charge in [-0.05, 0) is 30.3 Å². The molecule has 7 nitrogen and oxygen atoms in total. The number of fused-ring (bicyclic) bond motifs is 1. The molecule has 0 aliphatic carbocycles. The van der Waals surface area contributed by atoms with Gasteiger partial charge in [0.1, 0.15) is 10.6 Å². The SMILES string of the molecule is Nc1c(N=Nc2ccccc2)cc(S(=O)(=O)O)c2ncccc12. The monoisotopic (exact) mass is 328 g/mol. The maximum atomic E-state index is 11.6. The fourth-order valence-electron chi connectivity index (χ4n) is 2.11. The van der Waals surface area contributed by atoms with Gasteiger partial charge in [-0.3, -0.25) is 9.54 Å². The van der Waals surface area contributed by atoms with Crippen molar-refractivity contribution in [1.29, 1.82) is 0 Å². The molecule has 0 amide bonds. The zero-order valence-corrected chi connectivity index (χ0v) is 12.6. The van der Waals surface area contributed by atoms with Gasteiger partial charge in [0.05, 0.1) is 16.9 Å². The van der Waals surface area contributed by atoms with Crippen molar-refractivity contribution in [2.45, 2.75) is 4.90 Å². The number of rotatable bonds is 3. The molecular weight excluding hydrogens is 316 g/mol. The minimum absolute atomic E-state index is 0.0890. The number of aromatic nitrogens is 1. The minimum atomic E-state index is -4.47. The number of hydrogen-bond donors (Lipinski definition) is 2. The molecule has 0 aliphatic rings. The number of hydrogen-bond acceptors (Lipinski definition) is 6. The molecule has 1 aromatic heterocycles. The van der Waals surface area contributed by atoms with Crippen molar-refractivity contribution in [2.75, 3.05) is 5.73 Å². The number of nitrogens with two attached hydrogens (primary N) is 1. The highest BCUT2D eigenvalue weighted by molar-refractivity contribution is 7.86. The molecule has 3 N–H and O–H groups in total. The molecule has 3 aromatic rings. The number of nitrogens with zero attached hydrogens (tertiary/aromatic N) is 3. The molecule has 23 heavy (non-hydrogen) atoms. The summed E-state index contributed by atoms with van der Waals surface area (Å²) in [4.78, 5) is 3.62. The molecule has 0 saturated carbocycles. The predicted molar refractivity (Wildman–Crippen MR) is 86.6 cm³/mol. The smallest absolute Gasteiger partial charge is 0.296 e. The number of pyridine rings is 1. The van der Waals surface area contributed by atoms with Gasteiger partial charge in [-0.25, -0.2) is 0 Å². The maximum absolute atomic E-state index is 11.6. The summed E-state index contributed by atoms with van der Waals surface area (Å²) in [5, 5.41) is 8.39. The molecule has 0 radical (unpaired) electrons. The van der Waals surface area contributed by atoms with Crippen molar-refractivity contribution in [3.05, 3.63) is 54.7 Å². The molecule has 0 saturated heterocycles. The predicted octanol–water partition coefficient (Wildman–Crippen LogP) is 3.48. The van der Waals surface area contributed by atoms with Gasteiger partial charge in [0, 0.05) is 11.6 Å². The van der Waals surface area contributed by atoms with Gasteiger partial charge in [-0.15, -0.1) is 5.11 Å². The van der Waals surface area contributed by atoms with E-state index in [1.807, 2.05) is 6.07 Å². The topological polar surface area (TPSA) is 118 Å². The summed E-state index contributed by atoms with van der Waals surface area (Å²) in [6.07, 6.45) is 1.42. The molecule has 3 rings (SSSR count). The van der Waals surface area contributed by atoms with Gasteiger partial charge in [-0.1, -0.05) is 18.2 Å². The second kappa shape index (κ2) is 5.75. The van der Waals surface area contributed by atoms with Crippen LogP contribution in [0, 0.1) is 0 Å². The molecule has 116 valence electrons. The highest BCUT2D eigenvalue weighted by Crippen LogP contribution is 2.35. The first kappa shape index (κ1) is 15.1. The van der Waals surface area contributed by atoms with Crippen molar-refractivity contribution in [3.8, 4) is 0 Å². The number of benzene rings is 2. The Kier molecular flexibility index (Phi) is 3.77. The van der Waals surface area contributed by atoms with E-state index in [9.17, 15) is 13.0 Å². The zero-order valence-electron chi connectivity index (χ0n) is 11.8. The van der Waals surface area contributed by atoms with Gasteiger partial charge in [-0.2, -0.15) is 13.5 Å². The molecule has 0 bridgehead atoms. The van der Waals surface area contributed by atoms with Crippen LogP contribution in [0.4, 0.5) is 17.1 Å². The van der Waals surface area contributed by atoms with Crippen LogP contribution in [0.5, 0.6) is 0 Å². The second-order valence-electron chi connectivity index (χ2n) is 4.72. The van der Waals surface area contributed by atoms with E-state index in [4.69, 9.17) is 5.73 Å². The molecule has 0 unspecified atom stereocenters. The molecular formula is C15H12N4O3S. The molecule has 0 atom stereocenters. The van der Waals surface area contributed by atoms with Crippen molar-refractivity contribution in [3.63, 3.8) is 0 Å². The summed E-state index contributed by atoms with van der Waals surface area (Å²) in [6.45, 7) is 0. The van der Waals surface area contributed by atoms with Crippen LogP contribution in [0.25, 0.3) is 10.9 Å². The van der Waals surface area contributed by atoms with Crippen LogP contribution in [0.3, 0.4) is 0 Å². The maximum Gasteiger partial charge on any atom is 0.296 e. The molecule has 0 aliphatic heterocycles. The van der Waals surface area contributed by atoms with Crippen LogP contribution in [0.15, 0.2) is 69.9 Å². The lowest BCUT2D eigenvalue weighted by Crippen LogP contribution is -2.02. The lowest BCUT2D eigenvalue weighted by molar-refractivity contribution is 0.484. The molecule has 1 heterocycles. The lowest BCUT2D eigenvalue weighted by Gasteiger charge is -2.08. The lowest BCUT2D eigenvalue weighted by atomic mass is 10.1. The molecule has 0 fully saturated rings. The third-order valence-corrected chi connectivity index (χ3v) is 4.05. The molecule has 2 aromatic carbocycles. The average Bonchev–Trinajstić information content (AvgIpc) is 2.54. The van der Waals surface area contributed by atoms with Crippen LogP contribution >= 0.6 is 0 Å². The van der Waals surface area contributed by atoms with Gasteiger partial charge in [0.15, 0.2) is 0 Å². The standard InChI is InChI=1S/C15H12N4O3S/c16-14-11-7-4-8-17-15(11)13(23(20,21)22)9-12(14)19-18-10-5-2-1-3-6-10/h1-9H,16H2,(H,20,21,22). The third kappa shape index (κ3) is 3.03. The first-order valence-corrected chi connectivity index (χ1v) is 8.02. The Balaban J connectivity index is 2.22. The van der Waals surface area contributed by atoms with Crippen LogP contribution in [0.1, 0.15) is 0 Å². The van der Waals surface area contributed by atoms with E-state index in [0.717, 1.165) is 6.07 Å². The van der Waals surface area contributed by atoms with Crippen molar-refractivity contribution >= 4 is 38.1 Å². The van der Waals surface area contributed by atoms with E-state index >= 15 is 0 Å². The summed E-state index contributed by atoms with van der Waals surface area (Å²) in [7, 11) is -4.47. The Morgan fingerprint density at radius 1 is 1.04 bits per heavy atom. The fraction of sp³-hybridized carbons (Fsp3) is 0. The third-order valence-electron chi connectivity index (χ3n) is 3.18. The van der Waals surface area contributed by atoms with Gasteiger partial charge in [0.25, 0.3) is 10.1 Å². The second-order valence-corrected chi connectivity index (χ2v) is 6.11. The van der Waals surface area contributed by atoms with Gasteiger partial charge in [0.2, 0.25) is 0 Å². The van der Waals surface area contributed by atoms with Crippen LogP contribution in [-0.4, -0.2) is 18.0 Å². The van der Waals surface area contributed by atoms with E-state index in [0.29, 0.717) is 11.1 Å². The number of azo groups is 1. The first-order chi connectivity index (χ1) is 11.0. The molecule has 8 heteroatoms. The zero-order chi connectivity index (χ0) is 16.4. The Morgan fingerprint density at radius 2 is 1.78 bits per heavy atom. The van der Waals surface area contributed by atoms with Gasteiger partial charge < -0.3 is 5.73 Å². The van der Waals surface area contributed by atoms with Crippen LogP contribution < -0.4 is 5.73 Å². The molecule has 0 spiro atoms. The highest BCUT2D eigenvalue weighted by atomic mass is 32.2. The summed E-state index contributed by atoms with van der Waals surface area (Å²) in [5.41, 5.74) is 7.08. The van der Waals surface area contributed by atoms with E-state index in [2.05, 4.69) is 15.2 Å².